The highest BCUT2D eigenvalue weighted by molar-refractivity contribution is 5.87. The highest BCUT2D eigenvalue weighted by atomic mass is 16.7. The predicted molar refractivity (Wildman–Crippen MR) is 64.4 cm³/mol. The number of esters is 1. The van der Waals surface area contributed by atoms with Crippen molar-refractivity contribution in [3.05, 3.63) is 24.3 Å². The van der Waals surface area contributed by atoms with Crippen molar-refractivity contribution < 1.29 is 19.0 Å². The Hall–Kier alpha value is -1.13. The van der Waals surface area contributed by atoms with Gasteiger partial charge in [-0.3, -0.25) is 0 Å². The molecular formula is C13H20O4. The van der Waals surface area contributed by atoms with Crippen LogP contribution >= 0.6 is 0 Å². The molecule has 0 amide bonds. The zero-order chi connectivity index (χ0) is 13.1. The van der Waals surface area contributed by atoms with Crippen molar-refractivity contribution >= 4 is 5.97 Å². The molecule has 17 heavy (non-hydrogen) atoms. The maximum absolute atomic E-state index is 11.2. The van der Waals surface area contributed by atoms with Crippen molar-refractivity contribution in [1.29, 1.82) is 0 Å². The van der Waals surface area contributed by atoms with Crippen LogP contribution in [-0.2, 0) is 19.0 Å². The predicted octanol–water partition coefficient (Wildman–Crippen LogP) is 2.20. The summed E-state index contributed by atoms with van der Waals surface area (Å²) < 4.78 is 16.1. The van der Waals surface area contributed by atoms with Crippen LogP contribution in [0.2, 0.25) is 0 Å². The lowest BCUT2D eigenvalue weighted by molar-refractivity contribution is -0.140. The lowest BCUT2D eigenvalue weighted by atomic mass is 10.1. The van der Waals surface area contributed by atoms with Crippen LogP contribution in [0, 0.1) is 0 Å². The van der Waals surface area contributed by atoms with E-state index in [1.54, 1.807) is 6.92 Å². The van der Waals surface area contributed by atoms with E-state index in [9.17, 15) is 4.79 Å². The SMILES string of the molecule is C=C(COC(=O)C(=C)C)CC1COC(C)(C)O1. The molecule has 1 aliphatic rings. The lowest BCUT2D eigenvalue weighted by Crippen LogP contribution is -2.22. The van der Waals surface area contributed by atoms with Gasteiger partial charge in [0.1, 0.15) is 6.61 Å². The summed E-state index contributed by atoms with van der Waals surface area (Å²) in [6, 6.07) is 0. The van der Waals surface area contributed by atoms with Crippen LogP contribution in [0.1, 0.15) is 27.2 Å². The average Bonchev–Trinajstić information content (AvgIpc) is 2.54. The molecule has 0 saturated carbocycles. The molecule has 1 unspecified atom stereocenters. The minimum Gasteiger partial charge on any atom is -0.458 e. The minimum atomic E-state index is -0.528. The number of carbonyl (C=O) groups is 1. The second-order valence-electron chi connectivity index (χ2n) is 4.76. The summed E-state index contributed by atoms with van der Waals surface area (Å²) in [4.78, 5) is 11.2. The third-order valence-corrected chi connectivity index (χ3v) is 2.34. The van der Waals surface area contributed by atoms with Crippen molar-refractivity contribution in [3.63, 3.8) is 0 Å². The number of rotatable bonds is 5. The Morgan fingerprint density at radius 3 is 2.59 bits per heavy atom. The Labute approximate surface area is 102 Å². The number of ether oxygens (including phenoxy) is 3. The van der Waals surface area contributed by atoms with Crippen LogP contribution in [-0.4, -0.2) is 31.1 Å². The summed E-state index contributed by atoms with van der Waals surface area (Å²) in [5, 5.41) is 0. The Balaban J connectivity index is 2.27. The van der Waals surface area contributed by atoms with E-state index in [1.165, 1.54) is 0 Å². The molecule has 1 rings (SSSR count). The average molecular weight is 240 g/mol. The van der Waals surface area contributed by atoms with Crippen molar-refractivity contribution in [2.24, 2.45) is 0 Å². The summed E-state index contributed by atoms with van der Waals surface area (Å²) in [6.45, 7) is 13.5. The maximum Gasteiger partial charge on any atom is 0.333 e. The van der Waals surface area contributed by atoms with Crippen LogP contribution in [0.4, 0.5) is 0 Å². The number of carbonyl (C=O) groups excluding carboxylic acids is 1. The van der Waals surface area contributed by atoms with Crippen LogP contribution < -0.4 is 0 Å². The molecule has 4 heteroatoms. The van der Waals surface area contributed by atoms with E-state index in [4.69, 9.17) is 14.2 Å². The summed E-state index contributed by atoms with van der Waals surface area (Å²) in [5.74, 6) is -0.922. The number of hydrogen-bond acceptors (Lipinski definition) is 4. The molecule has 4 nitrogen and oxygen atoms in total. The van der Waals surface area contributed by atoms with E-state index < -0.39 is 11.8 Å². The molecule has 0 bridgehead atoms. The Bertz CT molecular complexity index is 330. The Morgan fingerprint density at radius 1 is 1.47 bits per heavy atom. The van der Waals surface area contributed by atoms with Gasteiger partial charge in [-0.2, -0.15) is 0 Å². The summed E-state index contributed by atoms with van der Waals surface area (Å²) >= 11 is 0. The summed E-state index contributed by atoms with van der Waals surface area (Å²) in [5.41, 5.74) is 1.20. The molecule has 1 saturated heterocycles. The van der Waals surface area contributed by atoms with E-state index >= 15 is 0 Å². The van der Waals surface area contributed by atoms with Crippen LogP contribution in [0.25, 0.3) is 0 Å². The van der Waals surface area contributed by atoms with Gasteiger partial charge >= 0.3 is 5.97 Å². The van der Waals surface area contributed by atoms with Gasteiger partial charge in [-0.1, -0.05) is 13.2 Å². The molecule has 1 heterocycles. The van der Waals surface area contributed by atoms with Crippen molar-refractivity contribution in [2.75, 3.05) is 13.2 Å². The third-order valence-electron chi connectivity index (χ3n) is 2.34. The van der Waals surface area contributed by atoms with Gasteiger partial charge in [0.25, 0.3) is 0 Å². The summed E-state index contributed by atoms with van der Waals surface area (Å²) in [6.07, 6.45) is 0.619. The zero-order valence-electron chi connectivity index (χ0n) is 10.7. The molecule has 0 aromatic heterocycles. The van der Waals surface area contributed by atoms with E-state index in [-0.39, 0.29) is 12.7 Å². The van der Waals surface area contributed by atoms with Crippen LogP contribution in [0.5, 0.6) is 0 Å². The number of hydrogen-bond donors (Lipinski definition) is 0. The smallest absolute Gasteiger partial charge is 0.333 e. The molecule has 1 aliphatic heterocycles. The molecular weight excluding hydrogens is 220 g/mol. The molecule has 1 atom stereocenters. The first-order valence-corrected chi connectivity index (χ1v) is 5.61. The van der Waals surface area contributed by atoms with Gasteiger partial charge in [-0.25, -0.2) is 4.79 Å². The van der Waals surface area contributed by atoms with Gasteiger partial charge in [0, 0.05) is 5.57 Å². The zero-order valence-corrected chi connectivity index (χ0v) is 10.7. The Kier molecular flexibility index (Phi) is 4.48. The van der Waals surface area contributed by atoms with Gasteiger partial charge < -0.3 is 14.2 Å². The van der Waals surface area contributed by atoms with Crippen LogP contribution in [0.15, 0.2) is 24.3 Å². The monoisotopic (exact) mass is 240 g/mol. The molecule has 0 aromatic rings. The van der Waals surface area contributed by atoms with E-state index in [1.807, 2.05) is 13.8 Å². The largest absolute Gasteiger partial charge is 0.458 e. The second kappa shape index (κ2) is 5.47. The first kappa shape index (κ1) is 13.9. The fraction of sp³-hybridized carbons (Fsp3) is 0.615. The van der Waals surface area contributed by atoms with Gasteiger partial charge in [-0.05, 0) is 32.8 Å². The van der Waals surface area contributed by atoms with Crippen molar-refractivity contribution in [1.82, 2.24) is 0 Å². The van der Waals surface area contributed by atoms with Crippen molar-refractivity contribution in [3.8, 4) is 0 Å². The normalized spacial score (nSPS) is 22.2. The highest BCUT2D eigenvalue weighted by Gasteiger charge is 2.32. The molecule has 0 radical (unpaired) electrons. The molecule has 0 aromatic carbocycles. The highest BCUT2D eigenvalue weighted by Crippen LogP contribution is 2.25. The third kappa shape index (κ3) is 4.71. The maximum atomic E-state index is 11.2. The molecule has 96 valence electrons. The van der Waals surface area contributed by atoms with E-state index in [0.29, 0.717) is 18.6 Å². The second-order valence-corrected chi connectivity index (χ2v) is 4.76. The van der Waals surface area contributed by atoms with Gasteiger partial charge in [0.05, 0.1) is 12.7 Å². The molecule has 1 fully saturated rings. The fourth-order valence-electron chi connectivity index (χ4n) is 1.54. The van der Waals surface area contributed by atoms with Crippen LogP contribution in [0.3, 0.4) is 0 Å². The standard InChI is InChI=1S/C13H20O4/c1-9(2)12(14)15-7-10(3)6-11-8-16-13(4,5)17-11/h11H,1,3,6-8H2,2,4-5H3. The van der Waals surface area contributed by atoms with Gasteiger partial charge in [0.15, 0.2) is 5.79 Å². The van der Waals surface area contributed by atoms with E-state index in [0.717, 1.165) is 5.57 Å². The fourth-order valence-corrected chi connectivity index (χ4v) is 1.54. The summed E-state index contributed by atoms with van der Waals surface area (Å²) in [7, 11) is 0. The molecule has 0 aliphatic carbocycles. The minimum absolute atomic E-state index is 0.0129. The quantitative estimate of drug-likeness (QED) is 0.420. The van der Waals surface area contributed by atoms with E-state index in [2.05, 4.69) is 13.2 Å². The van der Waals surface area contributed by atoms with Crippen molar-refractivity contribution in [2.45, 2.75) is 39.1 Å². The molecule has 0 spiro atoms. The first-order chi connectivity index (χ1) is 7.80. The first-order valence-electron chi connectivity index (χ1n) is 5.61. The lowest BCUT2D eigenvalue weighted by Gasteiger charge is -2.17. The van der Waals surface area contributed by atoms with Gasteiger partial charge in [0.2, 0.25) is 0 Å². The Morgan fingerprint density at radius 2 is 2.12 bits per heavy atom. The van der Waals surface area contributed by atoms with Gasteiger partial charge in [-0.15, -0.1) is 0 Å². The topological polar surface area (TPSA) is 44.8 Å². The molecule has 0 N–H and O–H groups in total.